The first-order valence-electron chi connectivity index (χ1n) is 8.80. The molecule has 9 heteroatoms. The van der Waals surface area contributed by atoms with Crippen molar-refractivity contribution >= 4 is 29.0 Å². The third kappa shape index (κ3) is 4.54. The molecule has 27 heavy (non-hydrogen) atoms. The van der Waals surface area contributed by atoms with Crippen molar-refractivity contribution < 1.29 is 9.72 Å². The second-order valence-electron chi connectivity index (χ2n) is 6.33. The zero-order valence-electron chi connectivity index (χ0n) is 14.8. The largest absolute Gasteiger partial charge is 0.320 e. The van der Waals surface area contributed by atoms with E-state index in [-0.39, 0.29) is 23.0 Å². The highest BCUT2D eigenvalue weighted by molar-refractivity contribution is 7.99. The van der Waals surface area contributed by atoms with E-state index in [1.165, 1.54) is 36.7 Å². The third-order valence-electron chi connectivity index (χ3n) is 4.48. The number of nitrogens with one attached hydrogen (secondary N) is 1. The van der Waals surface area contributed by atoms with Crippen LogP contribution in [-0.2, 0) is 11.3 Å². The first kappa shape index (κ1) is 19.1. The lowest BCUT2D eigenvalue weighted by atomic mass is 10.1. The molecule has 1 aromatic heterocycles. The Morgan fingerprint density at radius 2 is 2.11 bits per heavy atom. The van der Waals surface area contributed by atoms with Gasteiger partial charge in [0.05, 0.1) is 10.7 Å². The number of anilines is 1. The molecule has 1 saturated carbocycles. The quantitative estimate of drug-likeness (QED) is 0.320. The predicted octanol–water partition coefficient (Wildman–Crippen LogP) is 3.76. The molecule has 3 rings (SSSR count). The van der Waals surface area contributed by atoms with E-state index >= 15 is 0 Å². The molecule has 1 heterocycles. The molecular formula is C18H21N5O3S. The second kappa shape index (κ2) is 8.81. The standard InChI is InChI=1S/C18H21N5O3S/c1-2-11-22-17(13-7-3-4-8-13)20-21-18(22)27-12-16(24)19-14-9-5-6-10-15(14)23(25)26/h2,5-6,9-10,13H,1,3-4,7-8,11-12H2,(H,19,24). The van der Waals surface area contributed by atoms with Crippen molar-refractivity contribution in [2.45, 2.75) is 43.3 Å². The van der Waals surface area contributed by atoms with E-state index in [0.29, 0.717) is 17.6 Å². The lowest BCUT2D eigenvalue weighted by Gasteiger charge is -2.12. The van der Waals surface area contributed by atoms with Gasteiger partial charge in [-0.2, -0.15) is 0 Å². The molecule has 1 aliphatic carbocycles. The summed E-state index contributed by atoms with van der Waals surface area (Å²) >= 11 is 1.27. The Morgan fingerprint density at radius 3 is 2.81 bits per heavy atom. The van der Waals surface area contributed by atoms with Gasteiger partial charge in [0.15, 0.2) is 5.16 Å². The van der Waals surface area contributed by atoms with Crippen LogP contribution in [0.1, 0.15) is 37.4 Å². The van der Waals surface area contributed by atoms with Crippen LogP contribution in [-0.4, -0.2) is 31.3 Å². The smallest absolute Gasteiger partial charge is 0.292 e. The number of benzene rings is 1. The molecule has 1 aliphatic rings. The summed E-state index contributed by atoms with van der Waals surface area (Å²) in [5.74, 6) is 1.12. The van der Waals surface area contributed by atoms with Crippen molar-refractivity contribution in [1.29, 1.82) is 0 Å². The fourth-order valence-electron chi connectivity index (χ4n) is 3.25. The van der Waals surface area contributed by atoms with Crippen LogP contribution in [0, 0.1) is 10.1 Å². The Morgan fingerprint density at radius 1 is 1.37 bits per heavy atom. The molecule has 142 valence electrons. The third-order valence-corrected chi connectivity index (χ3v) is 5.45. The number of rotatable bonds is 8. The molecule has 0 unspecified atom stereocenters. The minimum absolute atomic E-state index is 0.0893. The van der Waals surface area contributed by atoms with E-state index in [9.17, 15) is 14.9 Å². The summed E-state index contributed by atoms with van der Waals surface area (Å²) < 4.78 is 2.01. The Balaban J connectivity index is 1.67. The number of aromatic nitrogens is 3. The maximum atomic E-state index is 12.3. The molecule has 1 amide bonds. The maximum absolute atomic E-state index is 12.3. The number of nitro benzene ring substituents is 1. The Kier molecular flexibility index (Phi) is 6.23. The number of amides is 1. The average molecular weight is 387 g/mol. The number of carbonyl (C=O) groups excluding carboxylic acids is 1. The van der Waals surface area contributed by atoms with E-state index < -0.39 is 4.92 Å². The number of hydrogen-bond acceptors (Lipinski definition) is 6. The van der Waals surface area contributed by atoms with Gasteiger partial charge in [0.2, 0.25) is 5.91 Å². The molecule has 0 radical (unpaired) electrons. The van der Waals surface area contributed by atoms with Crippen LogP contribution in [0.2, 0.25) is 0 Å². The minimum atomic E-state index is -0.517. The normalized spacial score (nSPS) is 14.2. The van der Waals surface area contributed by atoms with Crippen LogP contribution in [0.25, 0.3) is 0 Å². The predicted molar refractivity (Wildman–Crippen MR) is 104 cm³/mol. The highest BCUT2D eigenvalue weighted by Crippen LogP contribution is 2.34. The lowest BCUT2D eigenvalue weighted by molar-refractivity contribution is -0.383. The summed E-state index contributed by atoms with van der Waals surface area (Å²) in [6, 6.07) is 6.08. The number of nitrogens with zero attached hydrogens (tertiary/aromatic N) is 4. The topological polar surface area (TPSA) is 103 Å². The fraction of sp³-hybridized carbons (Fsp3) is 0.389. The Hall–Kier alpha value is -2.68. The molecule has 1 fully saturated rings. The van der Waals surface area contributed by atoms with Gasteiger partial charge in [0, 0.05) is 18.5 Å². The van der Waals surface area contributed by atoms with Gasteiger partial charge in [-0.1, -0.05) is 42.8 Å². The van der Waals surface area contributed by atoms with Crippen LogP contribution in [0.4, 0.5) is 11.4 Å². The first-order valence-corrected chi connectivity index (χ1v) is 9.78. The van der Waals surface area contributed by atoms with Crippen LogP contribution < -0.4 is 5.32 Å². The van der Waals surface area contributed by atoms with Gasteiger partial charge in [0.1, 0.15) is 11.5 Å². The molecule has 0 bridgehead atoms. The van der Waals surface area contributed by atoms with Crippen LogP contribution in [0.15, 0.2) is 42.1 Å². The Bertz CT molecular complexity index is 845. The molecule has 0 saturated heterocycles. The van der Waals surface area contributed by atoms with E-state index in [4.69, 9.17) is 0 Å². The number of thioether (sulfide) groups is 1. The molecule has 1 aromatic carbocycles. The van der Waals surface area contributed by atoms with Crippen molar-refractivity contribution in [1.82, 2.24) is 14.8 Å². The number of hydrogen-bond donors (Lipinski definition) is 1. The van der Waals surface area contributed by atoms with Crippen LogP contribution in [0.3, 0.4) is 0 Å². The highest BCUT2D eigenvalue weighted by Gasteiger charge is 2.24. The Labute approximate surface area is 161 Å². The van der Waals surface area contributed by atoms with Gasteiger partial charge in [-0.3, -0.25) is 14.9 Å². The number of carbonyl (C=O) groups is 1. The van der Waals surface area contributed by atoms with Crippen LogP contribution in [0.5, 0.6) is 0 Å². The zero-order valence-corrected chi connectivity index (χ0v) is 15.7. The summed E-state index contributed by atoms with van der Waals surface area (Å²) in [7, 11) is 0. The van der Waals surface area contributed by atoms with Crippen LogP contribution >= 0.6 is 11.8 Å². The van der Waals surface area contributed by atoms with Crippen molar-refractivity contribution in [3.63, 3.8) is 0 Å². The van der Waals surface area contributed by atoms with Crippen molar-refractivity contribution in [3.8, 4) is 0 Å². The molecule has 0 atom stereocenters. The summed E-state index contributed by atoms with van der Waals surface area (Å²) in [5, 5.41) is 22.9. The second-order valence-corrected chi connectivity index (χ2v) is 7.28. The number of para-hydroxylation sites is 2. The van der Waals surface area contributed by atoms with E-state index in [1.807, 2.05) is 4.57 Å². The molecule has 1 N–H and O–H groups in total. The molecular weight excluding hydrogens is 366 g/mol. The summed E-state index contributed by atoms with van der Waals surface area (Å²) in [6.45, 7) is 4.38. The SMILES string of the molecule is C=CCn1c(SCC(=O)Nc2ccccc2[N+](=O)[O-])nnc1C1CCCC1. The molecule has 8 nitrogen and oxygen atoms in total. The molecule has 2 aromatic rings. The number of nitro groups is 1. The zero-order chi connectivity index (χ0) is 19.2. The highest BCUT2D eigenvalue weighted by atomic mass is 32.2. The van der Waals surface area contributed by atoms with E-state index in [2.05, 4.69) is 22.1 Å². The summed E-state index contributed by atoms with van der Waals surface area (Å²) in [6.07, 6.45) is 6.41. The van der Waals surface area contributed by atoms with Gasteiger partial charge in [-0.05, 0) is 18.9 Å². The molecule has 0 spiro atoms. The van der Waals surface area contributed by atoms with Gasteiger partial charge in [-0.15, -0.1) is 16.8 Å². The monoisotopic (exact) mass is 387 g/mol. The summed E-state index contributed by atoms with van der Waals surface area (Å²) in [4.78, 5) is 22.8. The first-order chi connectivity index (χ1) is 13.1. The summed E-state index contributed by atoms with van der Waals surface area (Å²) in [5.41, 5.74) is 0.0569. The van der Waals surface area contributed by atoms with E-state index in [1.54, 1.807) is 18.2 Å². The minimum Gasteiger partial charge on any atom is -0.320 e. The average Bonchev–Trinajstić information content (AvgIpc) is 3.30. The van der Waals surface area contributed by atoms with Crippen molar-refractivity contribution in [2.75, 3.05) is 11.1 Å². The fourth-order valence-corrected chi connectivity index (χ4v) is 4.00. The maximum Gasteiger partial charge on any atom is 0.292 e. The van der Waals surface area contributed by atoms with Gasteiger partial charge >= 0.3 is 0 Å². The van der Waals surface area contributed by atoms with Gasteiger partial charge < -0.3 is 9.88 Å². The number of allylic oxidation sites excluding steroid dienone is 1. The van der Waals surface area contributed by atoms with E-state index in [0.717, 1.165) is 18.7 Å². The van der Waals surface area contributed by atoms with Crippen molar-refractivity contribution in [2.24, 2.45) is 0 Å². The van der Waals surface area contributed by atoms with Crippen molar-refractivity contribution in [3.05, 3.63) is 52.9 Å². The molecule has 0 aliphatic heterocycles. The van der Waals surface area contributed by atoms with Gasteiger partial charge in [0.25, 0.3) is 5.69 Å². The lowest BCUT2D eigenvalue weighted by Crippen LogP contribution is -2.16. The van der Waals surface area contributed by atoms with Gasteiger partial charge in [-0.25, -0.2) is 0 Å².